The van der Waals surface area contributed by atoms with Crippen LogP contribution in [-0.4, -0.2) is 15.5 Å². The number of hydrogen-bond donors (Lipinski definition) is 1. The first kappa shape index (κ1) is 14.4. The van der Waals surface area contributed by atoms with Crippen molar-refractivity contribution < 1.29 is 13.2 Å². The minimum Gasteiger partial charge on any atom is -0.272 e. The summed E-state index contributed by atoms with van der Waals surface area (Å²) in [5.41, 5.74) is -0.712. The molecule has 1 heterocycles. The van der Waals surface area contributed by atoms with Crippen LogP contribution in [0.4, 0.5) is 13.2 Å². The maximum absolute atomic E-state index is 12.4. The van der Waals surface area contributed by atoms with E-state index in [1.165, 1.54) is 4.68 Å². The van der Waals surface area contributed by atoms with Crippen molar-refractivity contribution in [3.8, 4) is 0 Å². The molecule has 0 fully saturated rings. The number of aromatic nitrogens is 2. The van der Waals surface area contributed by atoms with E-state index in [0.29, 0.717) is 12.3 Å². The lowest BCUT2D eigenvalue weighted by molar-refractivity contribution is -0.137. The molecule has 0 bridgehead atoms. The van der Waals surface area contributed by atoms with Gasteiger partial charge in [-0.3, -0.25) is 4.68 Å². The summed E-state index contributed by atoms with van der Waals surface area (Å²) in [5.74, 6) is 0.789. The molecule has 1 unspecified atom stereocenters. The van der Waals surface area contributed by atoms with Crippen LogP contribution < -0.4 is 0 Å². The van der Waals surface area contributed by atoms with Crippen molar-refractivity contribution >= 4 is 12.6 Å². The molecule has 98 valence electrons. The average molecular weight is 266 g/mol. The predicted molar refractivity (Wildman–Crippen MR) is 64.0 cm³/mol. The molecular weight excluding hydrogens is 249 g/mol. The topological polar surface area (TPSA) is 17.8 Å². The monoisotopic (exact) mass is 266 g/mol. The zero-order valence-corrected chi connectivity index (χ0v) is 11.0. The van der Waals surface area contributed by atoms with E-state index in [9.17, 15) is 13.2 Å². The van der Waals surface area contributed by atoms with Crippen molar-refractivity contribution in [3.05, 3.63) is 18.0 Å². The van der Waals surface area contributed by atoms with Gasteiger partial charge in [0.25, 0.3) is 0 Å². The molecule has 0 radical (unpaired) electrons. The average Bonchev–Trinajstić information content (AvgIpc) is 2.59. The number of hydrogen-bond acceptors (Lipinski definition) is 2. The lowest BCUT2D eigenvalue weighted by Gasteiger charge is -2.29. The first-order chi connectivity index (χ1) is 7.64. The molecule has 0 aliphatic carbocycles. The fourth-order valence-electron chi connectivity index (χ4n) is 1.44. The third-order valence-corrected chi connectivity index (χ3v) is 3.25. The molecule has 0 spiro atoms. The molecule has 1 aromatic rings. The maximum atomic E-state index is 12.4. The van der Waals surface area contributed by atoms with Gasteiger partial charge in [0.1, 0.15) is 0 Å². The van der Waals surface area contributed by atoms with Gasteiger partial charge >= 0.3 is 6.18 Å². The van der Waals surface area contributed by atoms with Crippen molar-refractivity contribution in [1.82, 2.24) is 9.78 Å². The van der Waals surface area contributed by atoms with Gasteiger partial charge in [-0.05, 0) is 17.1 Å². The molecule has 0 saturated heterocycles. The Morgan fingerprint density at radius 3 is 2.29 bits per heavy atom. The Hall–Kier alpha value is -0.650. The molecule has 2 nitrogen and oxygen atoms in total. The molecule has 0 N–H and O–H groups in total. The lowest BCUT2D eigenvalue weighted by atomic mass is 9.82. The van der Waals surface area contributed by atoms with Gasteiger partial charge in [0.05, 0.1) is 11.8 Å². The van der Waals surface area contributed by atoms with Crippen LogP contribution in [0.15, 0.2) is 12.4 Å². The third kappa shape index (κ3) is 3.94. The standard InChI is InChI=1S/C11H17F3N2S/c1-10(2,3)9(7-17)6-16-5-8(4-15-16)11(12,13)14/h4-5,9,17H,6-7H2,1-3H3. The molecule has 0 aliphatic rings. The highest BCUT2D eigenvalue weighted by atomic mass is 32.1. The van der Waals surface area contributed by atoms with E-state index >= 15 is 0 Å². The second-order valence-corrected chi connectivity index (χ2v) is 5.56. The molecule has 0 saturated carbocycles. The molecule has 1 aromatic heterocycles. The molecule has 0 aliphatic heterocycles. The second kappa shape index (κ2) is 4.92. The van der Waals surface area contributed by atoms with Crippen LogP contribution in [-0.2, 0) is 12.7 Å². The van der Waals surface area contributed by atoms with E-state index in [-0.39, 0.29) is 11.3 Å². The van der Waals surface area contributed by atoms with Gasteiger partial charge in [-0.1, -0.05) is 20.8 Å². The molecular formula is C11H17F3N2S. The Kier molecular flexibility index (Phi) is 4.17. The Bertz CT molecular complexity index is 366. The van der Waals surface area contributed by atoms with E-state index in [1.807, 2.05) is 20.8 Å². The third-order valence-electron chi connectivity index (χ3n) is 2.81. The number of rotatable bonds is 3. The highest BCUT2D eigenvalue weighted by Crippen LogP contribution is 2.31. The molecule has 0 amide bonds. The highest BCUT2D eigenvalue weighted by Gasteiger charge is 2.32. The van der Waals surface area contributed by atoms with Crippen molar-refractivity contribution in [3.63, 3.8) is 0 Å². The van der Waals surface area contributed by atoms with Crippen LogP contribution >= 0.6 is 12.6 Å². The van der Waals surface area contributed by atoms with Crippen molar-refractivity contribution in [2.75, 3.05) is 5.75 Å². The van der Waals surface area contributed by atoms with E-state index in [2.05, 4.69) is 17.7 Å². The first-order valence-corrected chi connectivity index (χ1v) is 5.98. The van der Waals surface area contributed by atoms with Crippen LogP contribution in [0.3, 0.4) is 0 Å². The van der Waals surface area contributed by atoms with Crippen molar-refractivity contribution in [1.29, 1.82) is 0 Å². The Labute approximate surface area is 105 Å². The van der Waals surface area contributed by atoms with Crippen LogP contribution in [0.5, 0.6) is 0 Å². The van der Waals surface area contributed by atoms with Crippen LogP contribution in [0.2, 0.25) is 0 Å². The molecule has 1 atom stereocenters. The van der Waals surface area contributed by atoms with Gasteiger partial charge in [0, 0.05) is 12.7 Å². The van der Waals surface area contributed by atoms with E-state index in [1.54, 1.807) is 0 Å². The second-order valence-electron chi connectivity index (χ2n) is 5.19. The van der Waals surface area contributed by atoms with Crippen LogP contribution in [0, 0.1) is 11.3 Å². The van der Waals surface area contributed by atoms with Gasteiger partial charge in [-0.15, -0.1) is 0 Å². The summed E-state index contributed by atoms with van der Waals surface area (Å²) in [5, 5.41) is 3.75. The zero-order chi connectivity index (χ0) is 13.3. The fraction of sp³-hybridized carbons (Fsp3) is 0.727. The number of halogens is 3. The Morgan fingerprint density at radius 2 is 1.94 bits per heavy atom. The highest BCUT2D eigenvalue weighted by molar-refractivity contribution is 7.80. The summed E-state index contributed by atoms with van der Waals surface area (Å²) in [6.45, 7) is 6.58. The summed E-state index contributed by atoms with van der Waals surface area (Å²) in [4.78, 5) is 0. The van der Waals surface area contributed by atoms with E-state index in [0.717, 1.165) is 12.4 Å². The number of alkyl halides is 3. The zero-order valence-electron chi connectivity index (χ0n) is 10.1. The quantitative estimate of drug-likeness (QED) is 0.829. The normalized spacial score (nSPS) is 15.0. The lowest BCUT2D eigenvalue weighted by Crippen LogP contribution is -2.27. The van der Waals surface area contributed by atoms with Crippen molar-refractivity contribution in [2.24, 2.45) is 11.3 Å². The van der Waals surface area contributed by atoms with Gasteiger partial charge in [-0.25, -0.2) is 0 Å². The minimum atomic E-state index is -4.32. The van der Waals surface area contributed by atoms with Crippen molar-refractivity contribution in [2.45, 2.75) is 33.5 Å². The molecule has 6 heteroatoms. The van der Waals surface area contributed by atoms with Crippen LogP contribution in [0.25, 0.3) is 0 Å². The summed E-state index contributed by atoms with van der Waals surface area (Å²) in [7, 11) is 0. The summed E-state index contributed by atoms with van der Waals surface area (Å²) in [6.07, 6.45) is -2.42. The number of thiol groups is 1. The predicted octanol–water partition coefficient (Wildman–Crippen LogP) is 3.49. The van der Waals surface area contributed by atoms with Gasteiger partial charge < -0.3 is 0 Å². The van der Waals surface area contributed by atoms with E-state index < -0.39 is 11.7 Å². The number of nitrogens with zero attached hydrogens (tertiary/aromatic N) is 2. The van der Waals surface area contributed by atoms with E-state index in [4.69, 9.17) is 0 Å². The van der Waals surface area contributed by atoms with Gasteiger partial charge in [-0.2, -0.15) is 30.9 Å². The first-order valence-electron chi connectivity index (χ1n) is 5.35. The fourth-order valence-corrected chi connectivity index (χ4v) is 2.10. The smallest absolute Gasteiger partial charge is 0.272 e. The van der Waals surface area contributed by atoms with Crippen LogP contribution in [0.1, 0.15) is 26.3 Å². The maximum Gasteiger partial charge on any atom is 0.419 e. The Balaban J connectivity index is 2.79. The SMILES string of the molecule is CC(C)(C)C(CS)Cn1cc(C(F)(F)F)cn1. The molecule has 17 heavy (non-hydrogen) atoms. The summed E-state index contributed by atoms with van der Waals surface area (Å²) >= 11 is 4.24. The minimum absolute atomic E-state index is 0.00784. The molecule has 1 rings (SSSR count). The molecule has 0 aromatic carbocycles. The van der Waals surface area contributed by atoms with Gasteiger partial charge in [0.2, 0.25) is 0 Å². The Morgan fingerprint density at radius 1 is 1.35 bits per heavy atom. The summed E-state index contributed by atoms with van der Waals surface area (Å²) < 4.78 is 38.5. The van der Waals surface area contributed by atoms with Gasteiger partial charge in [0.15, 0.2) is 0 Å². The largest absolute Gasteiger partial charge is 0.419 e. The summed E-state index contributed by atoms with van der Waals surface area (Å²) in [6, 6.07) is 0.